The summed E-state index contributed by atoms with van der Waals surface area (Å²) in [6.07, 6.45) is 1.67. The molecule has 1 aliphatic rings. The van der Waals surface area contributed by atoms with Crippen LogP contribution in [0.1, 0.15) is 11.3 Å². The number of hydrogen-bond acceptors (Lipinski definition) is 8. The van der Waals surface area contributed by atoms with Crippen LogP contribution in [0.4, 0.5) is 5.88 Å². The van der Waals surface area contributed by atoms with Crippen molar-refractivity contribution in [1.29, 1.82) is 5.26 Å². The summed E-state index contributed by atoms with van der Waals surface area (Å²) < 4.78 is 16.6. The first-order chi connectivity index (χ1) is 15.5. The number of anilines is 1. The van der Waals surface area contributed by atoms with Gasteiger partial charge in [-0.05, 0) is 29.8 Å². The first-order valence-corrected chi connectivity index (χ1v) is 10.0. The van der Waals surface area contributed by atoms with Crippen molar-refractivity contribution in [3.8, 4) is 23.5 Å². The molecule has 0 bridgehead atoms. The van der Waals surface area contributed by atoms with Gasteiger partial charge in [-0.1, -0.05) is 12.1 Å². The molecule has 4 rings (SSSR count). The summed E-state index contributed by atoms with van der Waals surface area (Å²) >= 11 is 0. The first-order valence-electron chi connectivity index (χ1n) is 10.0. The molecule has 0 saturated carbocycles. The molecule has 2 amide bonds. The van der Waals surface area contributed by atoms with E-state index in [-0.39, 0.29) is 30.5 Å². The van der Waals surface area contributed by atoms with Gasteiger partial charge in [0.15, 0.2) is 12.4 Å². The molecule has 164 valence electrons. The second-order valence-corrected chi connectivity index (χ2v) is 7.21. The highest BCUT2D eigenvalue weighted by atomic mass is 16.5. The number of oxazole rings is 1. The minimum atomic E-state index is -0.405. The molecular formula is C22H21N5O5. The second-order valence-electron chi connectivity index (χ2n) is 7.21. The van der Waals surface area contributed by atoms with Crippen LogP contribution < -0.4 is 15.4 Å². The van der Waals surface area contributed by atoms with Crippen molar-refractivity contribution < 1.29 is 23.2 Å². The number of amides is 2. The molecule has 0 radical (unpaired) electrons. The second kappa shape index (κ2) is 9.26. The standard InChI is InChI=1S/C22H21N5O5/c23-13-17-22(32-21(25-17)18-2-1-11-30-18)27-9-7-26(8-10-27)20(29)14-31-16-5-3-15(4-6-16)12-19(24)28/h1-6,11H,7-10,12,14H2,(H2,24,28). The van der Waals surface area contributed by atoms with Crippen molar-refractivity contribution in [2.45, 2.75) is 6.42 Å². The summed E-state index contributed by atoms with van der Waals surface area (Å²) in [4.78, 5) is 31.3. The molecule has 2 N–H and O–H groups in total. The monoisotopic (exact) mass is 435 g/mol. The average molecular weight is 435 g/mol. The third-order valence-corrected chi connectivity index (χ3v) is 5.03. The lowest BCUT2D eigenvalue weighted by atomic mass is 10.1. The van der Waals surface area contributed by atoms with E-state index in [1.807, 2.05) is 11.0 Å². The zero-order valence-electron chi connectivity index (χ0n) is 17.2. The fraction of sp³-hybridized carbons (Fsp3) is 0.273. The quantitative estimate of drug-likeness (QED) is 0.590. The fourth-order valence-electron chi connectivity index (χ4n) is 3.40. The highest BCUT2D eigenvalue weighted by molar-refractivity contribution is 5.78. The van der Waals surface area contributed by atoms with E-state index in [1.165, 1.54) is 6.26 Å². The number of carbonyl (C=O) groups excluding carboxylic acids is 2. The van der Waals surface area contributed by atoms with Crippen molar-refractivity contribution in [2.24, 2.45) is 5.73 Å². The number of rotatable bonds is 7. The van der Waals surface area contributed by atoms with Gasteiger partial charge in [-0.3, -0.25) is 9.59 Å². The van der Waals surface area contributed by atoms with Crippen LogP contribution in [0.15, 0.2) is 51.5 Å². The number of nitriles is 1. The Morgan fingerprint density at radius 1 is 1.16 bits per heavy atom. The molecule has 1 fully saturated rings. The van der Waals surface area contributed by atoms with E-state index in [1.54, 1.807) is 41.3 Å². The van der Waals surface area contributed by atoms with Crippen molar-refractivity contribution in [3.63, 3.8) is 0 Å². The average Bonchev–Trinajstić information content (AvgIpc) is 3.48. The lowest BCUT2D eigenvalue weighted by molar-refractivity contribution is -0.133. The first kappa shape index (κ1) is 21.0. The van der Waals surface area contributed by atoms with Gasteiger partial charge in [0.1, 0.15) is 11.8 Å². The van der Waals surface area contributed by atoms with Crippen LogP contribution in [0.3, 0.4) is 0 Å². The zero-order valence-corrected chi connectivity index (χ0v) is 17.2. The van der Waals surface area contributed by atoms with E-state index in [0.29, 0.717) is 43.6 Å². The van der Waals surface area contributed by atoms with Crippen LogP contribution in [0.25, 0.3) is 11.7 Å². The Morgan fingerprint density at radius 3 is 2.53 bits per heavy atom. The van der Waals surface area contributed by atoms with Gasteiger partial charge in [0, 0.05) is 26.2 Å². The van der Waals surface area contributed by atoms with Crippen LogP contribution in [-0.2, 0) is 16.0 Å². The van der Waals surface area contributed by atoms with Crippen molar-refractivity contribution in [1.82, 2.24) is 9.88 Å². The summed E-state index contributed by atoms with van der Waals surface area (Å²) in [5.74, 6) is 1.06. The Balaban J connectivity index is 1.30. The highest BCUT2D eigenvalue weighted by Gasteiger charge is 2.27. The van der Waals surface area contributed by atoms with Gasteiger partial charge in [-0.2, -0.15) is 10.2 Å². The summed E-state index contributed by atoms with van der Waals surface area (Å²) in [5, 5.41) is 9.40. The summed E-state index contributed by atoms with van der Waals surface area (Å²) in [7, 11) is 0. The predicted molar refractivity (Wildman–Crippen MR) is 113 cm³/mol. The van der Waals surface area contributed by atoms with E-state index in [9.17, 15) is 14.9 Å². The topological polar surface area (TPSA) is 139 Å². The number of nitrogens with two attached hydrogens (primary N) is 1. The minimum absolute atomic E-state index is 0.0937. The number of nitrogens with zero attached hydrogens (tertiary/aromatic N) is 4. The molecule has 0 unspecified atom stereocenters. The summed E-state index contributed by atoms with van der Waals surface area (Å²) in [6, 6.07) is 12.4. The molecule has 1 aliphatic heterocycles. The van der Waals surface area contributed by atoms with Crippen molar-refractivity contribution >= 4 is 17.7 Å². The Hall–Kier alpha value is -4.26. The maximum Gasteiger partial charge on any atom is 0.266 e. The molecule has 0 atom stereocenters. The molecule has 10 nitrogen and oxygen atoms in total. The van der Waals surface area contributed by atoms with Crippen molar-refractivity contribution in [3.05, 3.63) is 53.9 Å². The van der Waals surface area contributed by atoms with Gasteiger partial charge in [0.2, 0.25) is 17.5 Å². The number of furan rings is 1. The van der Waals surface area contributed by atoms with Crippen LogP contribution in [-0.4, -0.2) is 54.5 Å². The van der Waals surface area contributed by atoms with Crippen LogP contribution in [0.5, 0.6) is 5.75 Å². The van der Waals surface area contributed by atoms with Crippen LogP contribution in [0, 0.1) is 11.3 Å². The third-order valence-electron chi connectivity index (χ3n) is 5.03. The van der Waals surface area contributed by atoms with Gasteiger partial charge in [-0.15, -0.1) is 0 Å². The maximum absolute atomic E-state index is 12.5. The van der Waals surface area contributed by atoms with E-state index >= 15 is 0 Å². The Morgan fingerprint density at radius 2 is 1.91 bits per heavy atom. The molecule has 10 heteroatoms. The Labute approximate surface area is 183 Å². The number of benzene rings is 1. The Bertz CT molecular complexity index is 1120. The number of primary amides is 1. The van der Waals surface area contributed by atoms with Gasteiger partial charge >= 0.3 is 0 Å². The lowest BCUT2D eigenvalue weighted by Crippen LogP contribution is -2.50. The van der Waals surface area contributed by atoms with Crippen LogP contribution in [0.2, 0.25) is 0 Å². The molecule has 1 aromatic carbocycles. The summed E-state index contributed by atoms with van der Waals surface area (Å²) in [6.45, 7) is 1.82. The van der Waals surface area contributed by atoms with E-state index in [2.05, 4.69) is 4.98 Å². The van der Waals surface area contributed by atoms with E-state index in [0.717, 1.165) is 5.56 Å². The van der Waals surface area contributed by atoms with Crippen LogP contribution >= 0.6 is 0 Å². The van der Waals surface area contributed by atoms with Gasteiger partial charge in [0.05, 0.1) is 12.7 Å². The number of ether oxygens (including phenoxy) is 1. The number of hydrogen-bond donors (Lipinski definition) is 1. The SMILES string of the molecule is N#Cc1nc(-c2ccco2)oc1N1CCN(C(=O)COc2ccc(CC(N)=O)cc2)CC1. The van der Waals surface area contributed by atoms with Gasteiger partial charge in [-0.25, -0.2) is 0 Å². The molecule has 3 aromatic rings. The summed E-state index contributed by atoms with van der Waals surface area (Å²) in [5.41, 5.74) is 6.14. The molecule has 2 aromatic heterocycles. The molecule has 1 saturated heterocycles. The van der Waals surface area contributed by atoms with E-state index in [4.69, 9.17) is 19.3 Å². The van der Waals surface area contributed by atoms with Crippen molar-refractivity contribution in [2.75, 3.05) is 37.7 Å². The smallest absolute Gasteiger partial charge is 0.266 e. The lowest BCUT2D eigenvalue weighted by Gasteiger charge is -2.34. The number of aromatic nitrogens is 1. The molecular weight excluding hydrogens is 414 g/mol. The largest absolute Gasteiger partial charge is 0.484 e. The zero-order chi connectivity index (χ0) is 22.5. The maximum atomic E-state index is 12.5. The molecule has 0 spiro atoms. The fourth-order valence-corrected chi connectivity index (χ4v) is 3.40. The normalized spacial score (nSPS) is 13.6. The number of piperazine rings is 1. The highest BCUT2D eigenvalue weighted by Crippen LogP contribution is 2.29. The molecule has 32 heavy (non-hydrogen) atoms. The third kappa shape index (κ3) is 4.73. The molecule has 3 heterocycles. The van der Waals surface area contributed by atoms with E-state index < -0.39 is 5.91 Å². The number of carbonyl (C=O) groups is 2. The Kier molecular flexibility index (Phi) is 6.07. The van der Waals surface area contributed by atoms with Gasteiger partial charge < -0.3 is 29.1 Å². The predicted octanol–water partition coefficient (Wildman–Crippen LogP) is 1.56. The molecule has 0 aliphatic carbocycles. The minimum Gasteiger partial charge on any atom is -0.484 e. The van der Waals surface area contributed by atoms with Gasteiger partial charge in [0.25, 0.3) is 11.8 Å².